The molecule has 1 unspecified atom stereocenters. The second-order valence-corrected chi connectivity index (χ2v) is 13.8. The molecule has 0 radical (unpaired) electrons. The van der Waals surface area contributed by atoms with Crippen LogP contribution in [-0.2, 0) is 6.42 Å². The summed E-state index contributed by atoms with van der Waals surface area (Å²) in [6, 6.07) is 34.5. The molecule has 3 heteroatoms. The molecule has 3 nitrogen and oxygen atoms in total. The van der Waals surface area contributed by atoms with Gasteiger partial charge in [0, 0.05) is 17.1 Å². The molecule has 0 bridgehead atoms. The van der Waals surface area contributed by atoms with Crippen LogP contribution in [0, 0.1) is 39.9 Å². The summed E-state index contributed by atoms with van der Waals surface area (Å²) >= 11 is 0. The summed E-state index contributed by atoms with van der Waals surface area (Å²) in [6.45, 7) is 4.89. The van der Waals surface area contributed by atoms with E-state index in [1.807, 2.05) is 18.2 Å². The van der Waals surface area contributed by atoms with Crippen LogP contribution in [0.3, 0.4) is 0 Å². The molecule has 1 fully saturated rings. The Morgan fingerprint density at radius 3 is 1.87 bits per heavy atom. The van der Waals surface area contributed by atoms with E-state index >= 15 is 0 Å². The molecular formula is C43H55N3. The van der Waals surface area contributed by atoms with E-state index in [0.717, 1.165) is 31.1 Å². The molecule has 1 aliphatic carbocycles. The van der Waals surface area contributed by atoms with Crippen LogP contribution in [0.2, 0.25) is 0 Å². The van der Waals surface area contributed by atoms with Gasteiger partial charge in [-0.3, -0.25) is 0 Å². The fraction of sp³-hybridized carbons (Fsp3) is 0.488. The quantitative estimate of drug-likeness (QED) is 0.119. The molecule has 1 aliphatic rings. The number of benzene rings is 3. The van der Waals surface area contributed by atoms with E-state index in [1.165, 1.54) is 106 Å². The van der Waals surface area contributed by atoms with Gasteiger partial charge in [-0.25, -0.2) is 0 Å². The van der Waals surface area contributed by atoms with Crippen molar-refractivity contribution in [2.45, 2.75) is 117 Å². The molecule has 0 N–H and O–H groups in total. The van der Waals surface area contributed by atoms with Gasteiger partial charge in [-0.15, -0.1) is 0 Å². The van der Waals surface area contributed by atoms with Crippen molar-refractivity contribution in [1.82, 2.24) is 0 Å². The summed E-state index contributed by atoms with van der Waals surface area (Å²) < 4.78 is 0. The topological polar surface area (TPSA) is 50.8 Å². The van der Waals surface area contributed by atoms with Gasteiger partial charge in [-0.2, -0.15) is 10.5 Å². The van der Waals surface area contributed by atoms with Gasteiger partial charge < -0.3 is 4.90 Å². The molecule has 0 aliphatic heterocycles. The molecule has 0 spiro atoms. The average molecular weight is 614 g/mol. The Morgan fingerprint density at radius 1 is 0.739 bits per heavy atom. The van der Waals surface area contributed by atoms with E-state index in [9.17, 15) is 0 Å². The zero-order valence-corrected chi connectivity index (χ0v) is 28.5. The van der Waals surface area contributed by atoms with Crippen molar-refractivity contribution in [3.8, 4) is 12.1 Å². The molecule has 3 aromatic carbocycles. The van der Waals surface area contributed by atoms with E-state index in [1.54, 1.807) is 0 Å². The molecule has 0 saturated heterocycles. The van der Waals surface area contributed by atoms with Crippen molar-refractivity contribution in [1.29, 1.82) is 10.5 Å². The Morgan fingerprint density at radius 2 is 1.30 bits per heavy atom. The Kier molecular flexibility index (Phi) is 14.5. The molecule has 46 heavy (non-hydrogen) atoms. The number of aryl methyl sites for hydroxylation is 1. The fourth-order valence-corrected chi connectivity index (χ4v) is 7.74. The van der Waals surface area contributed by atoms with E-state index in [-0.39, 0.29) is 5.57 Å². The van der Waals surface area contributed by atoms with Gasteiger partial charge in [-0.1, -0.05) is 120 Å². The fourth-order valence-electron chi connectivity index (χ4n) is 7.74. The summed E-state index contributed by atoms with van der Waals surface area (Å²) in [5, 5.41) is 18.0. The molecule has 0 amide bonds. The van der Waals surface area contributed by atoms with E-state index in [2.05, 4.69) is 104 Å². The van der Waals surface area contributed by atoms with E-state index in [4.69, 9.17) is 10.5 Å². The largest absolute Gasteiger partial charge is 0.311 e. The lowest BCUT2D eigenvalue weighted by Gasteiger charge is -2.40. The Labute approximate surface area is 280 Å². The lowest BCUT2D eigenvalue weighted by atomic mass is 9.65. The minimum absolute atomic E-state index is 0.259. The van der Waals surface area contributed by atoms with Crippen LogP contribution in [0.15, 0.2) is 96.6 Å². The summed E-state index contributed by atoms with van der Waals surface area (Å²) in [4.78, 5) is 2.33. The average Bonchev–Trinajstić information content (AvgIpc) is 3.08. The molecule has 0 aromatic heterocycles. The maximum absolute atomic E-state index is 9.00. The van der Waals surface area contributed by atoms with E-state index < -0.39 is 0 Å². The van der Waals surface area contributed by atoms with Crippen molar-refractivity contribution >= 4 is 17.1 Å². The molecule has 1 atom stereocenters. The first-order valence-corrected chi connectivity index (χ1v) is 18.1. The first-order chi connectivity index (χ1) is 22.6. The second kappa shape index (κ2) is 19.0. The van der Waals surface area contributed by atoms with Crippen LogP contribution in [-0.4, -0.2) is 0 Å². The number of nitriles is 2. The second-order valence-electron chi connectivity index (χ2n) is 13.8. The first-order valence-electron chi connectivity index (χ1n) is 18.1. The normalized spacial score (nSPS) is 17.8. The number of anilines is 3. The third kappa shape index (κ3) is 10.6. The highest BCUT2D eigenvalue weighted by atomic mass is 15.1. The Balaban J connectivity index is 1.25. The number of hydrogen-bond acceptors (Lipinski definition) is 3. The van der Waals surface area contributed by atoms with Crippen LogP contribution in [0.1, 0.15) is 116 Å². The number of para-hydroxylation sites is 2. The number of unbranched alkanes of at least 4 members (excludes halogenated alkanes) is 3. The molecule has 0 heterocycles. The lowest BCUT2D eigenvalue weighted by molar-refractivity contribution is 0.109. The predicted molar refractivity (Wildman–Crippen MR) is 194 cm³/mol. The van der Waals surface area contributed by atoms with Gasteiger partial charge in [0.2, 0.25) is 0 Å². The summed E-state index contributed by atoms with van der Waals surface area (Å²) in [5.74, 6) is 1.70. The highest BCUT2D eigenvalue weighted by Crippen LogP contribution is 2.45. The molecular weight excluding hydrogens is 558 g/mol. The van der Waals surface area contributed by atoms with Gasteiger partial charge in [0.05, 0.1) is 0 Å². The monoisotopic (exact) mass is 613 g/mol. The van der Waals surface area contributed by atoms with Crippen LogP contribution < -0.4 is 4.90 Å². The summed E-state index contributed by atoms with van der Waals surface area (Å²) in [6.07, 6.45) is 22.2. The van der Waals surface area contributed by atoms with Crippen molar-refractivity contribution in [2.24, 2.45) is 17.3 Å². The zero-order valence-electron chi connectivity index (χ0n) is 28.5. The van der Waals surface area contributed by atoms with Gasteiger partial charge in [0.15, 0.2) is 0 Å². The summed E-state index contributed by atoms with van der Waals surface area (Å²) in [7, 11) is 0. The molecule has 242 valence electrons. The number of nitrogens with zero attached hydrogens (tertiary/aromatic N) is 3. The summed E-state index contributed by atoms with van der Waals surface area (Å²) in [5.41, 5.74) is 5.68. The van der Waals surface area contributed by atoms with E-state index in [0.29, 0.717) is 5.41 Å². The van der Waals surface area contributed by atoms with Crippen molar-refractivity contribution in [2.75, 3.05) is 4.90 Å². The smallest absolute Gasteiger partial charge is 0.125 e. The minimum Gasteiger partial charge on any atom is -0.311 e. The van der Waals surface area contributed by atoms with Gasteiger partial charge in [0.25, 0.3) is 0 Å². The van der Waals surface area contributed by atoms with Gasteiger partial charge in [0.1, 0.15) is 17.7 Å². The Bertz CT molecular complexity index is 1330. The molecule has 4 rings (SSSR count). The number of allylic oxidation sites excluding steroid dienone is 2. The standard InChI is InChI=1S/C43H55N3/c1-3-4-32-43(2,33-13-7-8-17-38(34-44)35-45)39-22-15-20-36(21-16-23-39)18-14-19-37-28-30-42(31-29-37)46(40-24-9-5-10-25-40)41-26-11-6-12-27-41/h5-6,9-12,17,24-31,36,39H,3-4,7-8,13-16,18-23,32-33H2,1-2H3. The van der Waals surface area contributed by atoms with Crippen LogP contribution in [0.25, 0.3) is 0 Å². The number of hydrogen-bond donors (Lipinski definition) is 0. The minimum atomic E-state index is 0.259. The molecule has 3 aromatic rings. The van der Waals surface area contributed by atoms with Gasteiger partial charge >= 0.3 is 0 Å². The first kappa shape index (κ1) is 35.0. The maximum Gasteiger partial charge on any atom is 0.125 e. The third-order valence-electron chi connectivity index (χ3n) is 10.5. The molecule has 1 saturated carbocycles. The lowest BCUT2D eigenvalue weighted by Crippen LogP contribution is -2.29. The van der Waals surface area contributed by atoms with Crippen molar-refractivity contribution in [3.63, 3.8) is 0 Å². The van der Waals surface area contributed by atoms with Crippen LogP contribution in [0.5, 0.6) is 0 Å². The van der Waals surface area contributed by atoms with Gasteiger partial charge in [-0.05, 0) is 111 Å². The van der Waals surface area contributed by atoms with Crippen molar-refractivity contribution < 1.29 is 0 Å². The van der Waals surface area contributed by atoms with Crippen molar-refractivity contribution in [3.05, 3.63) is 102 Å². The SMILES string of the molecule is CCCCC(C)(CCCCC=C(C#N)C#N)C1CCCC(CCCc2ccc(N(c3ccccc3)c3ccccc3)cc2)CCC1. The third-order valence-corrected chi connectivity index (χ3v) is 10.5. The maximum atomic E-state index is 9.00. The van der Waals surface area contributed by atoms with Crippen LogP contribution in [0.4, 0.5) is 17.1 Å². The van der Waals surface area contributed by atoms with Crippen LogP contribution >= 0.6 is 0 Å². The zero-order chi connectivity index (χ0) is 32.5. The number of rotatable bonds is 16. The predicted octanol–water partition coefficient (Wildman–Crippen LogP) is 12.8. The highest BCUT2D eigenvalue weighted by molar-refractivity contribution is 5.76. The Hall–Kier alpha value is -3.82. The highest BCUT2D eigenvalue weighted by Gasteiger charge is 2.33.